The summed E-state index contributed by atoms with van der Waals surface area (Å²) >= 11 is 16.6. The van der Waals surface area contributed by atoms with Gasteiger partial charge in [-0.1, -0.05) is 34.8 Å². The predicted octanol–water partition coefficient (Wildman–Crippen LogP) is 2.78. The number of nitriles is 1. The zero-order chi connectivity index (χ0) is 7.72. The van der Waals surface area contributed by atoms with Crippen LogP contribution in [0.5, 0.6) is 0 Å². The molecule has 0 aliphatic heterocycles. The van der Waals surface area contributed by atoms with E-state index in [0.29, 0.717) is 0 Å². The molecular formula is C5HCl3N2. The topological polar surface area (TPSA) is 28.7 Å². The van der Waals surface area contributed by atoms with Crippen molar-refractivity contribution in [1.82, 2.24) is 4.57 Å². The molecule has 0 N–H and O–H groups in total. The fourth-order valence-corrected chi connectivity index (χ4v) is 1.22. The summed E-state index contributed by atoms with van der Waals surface area (Å²) in [4.78, 5) is 0. The van der Waals surface area contributed by atoms with Gasteiger partial charge in [0, 0.05) is 0 Å². The molecule has 1 heterocycles. The molecule has 2 nitrogen and oxygen atoms in total. The summed E-state index contributed by atoms with van der Waals surface area (Å²) in [5.74, 6) is 0. The average molecular weight is 195 g/mol. The molecule has 0 unspecified atom stereocenters. The molecule has 0 spiro atoms. The zero-order valence-electron chi connectivity index (χ0n) is 4.61. The summed E-state index contributed by atoms with van der Waals surface area (Å²) in [7, 11) is 0. The van der Waals surface area contributed by atoms with E-state index in [1.54, 1.807) is 6.19 Å². The van der Waals surface area contributed by atoms with Gasteiger partial charge in [0.2, 0.25) is 0 Å². The van der Waals surface area contributed by atoms with E-state index in [-0.39, 0.29) is 15.3 Å². The summed E-state index contributed by atoms with van der Waals surface area (Å²) in [6, 6.07) is 1.41. The van der Waals surface area contributed by atoms with Crippen molar-refractivity contribution in [2.24, 2.45) is 0 Å². The van der Waals surface area contributed by atoms with Crippen LogP contribution in [-0.4, -0.2) is 4.57 Å². The minimum atomic E-state index is 0.147. The molecule has 1 aromatic rings. The molecule has 1 rings (SSSR count). The monoisotopic (exact) mass is 194 g/mol. The molecule has 0 aliphatic rings. The van der Waals surface area contributed by atoms with Crippen molar-refractivity contribution in [2.75, 3.05) is 0 Å². The summed E-state index contributed by atoms with van der Waals surface area (Å²) < 4.78 is 1.03. The summed E-state index contributed by atoms with van der Waals surface area (Å²) in [5.41, 5.74) is 0. The normalized spacial score (nSPS) is 9.40. The van der Waals surface area contributed by atoms with E-state index in [1.807, 2.05) is 0 Å². The minimum Gasteiger partial charge on any atom is -0.224 e. The third-order valence-corrected chi connectivity index (χ3v) is 1.99. The lowest BCUT2D eigenvalue weighted by molar-refractivity contribution is 1.10. The number of aromatic nitrogens is 1. The second kappa shape index (κ2) is 2.71. The largest absolute Gasteiger partial charge is 0.224 e. The second-order valence-electron chi connectivity index (χ2n) is 1.54. The fourth-order valence-electron chi connectivity index (χ4n) is 0.521. The number of rotatable bonds is 0. The molecule has 0 fully saturated rings. The Bertz CT molecular complexity index is 297. The van der Waals surface area contributed by atoms with E-state index in [9.17, 15) is 0 Å². The molecule has 0 aromatic carbocycles. The van der Waals surface area contributed by atoms with Crippen molar-refractivity contribution in [1.29, 1.82) is 5.26 Å². The van der Waals surface area contributed by atoms with Crippen molar-refractivity contribution in [2.45, 2.75) is 0 Å². The van der Waals surface area contributed by atoms with Crippen LogP contribution in [0.3, 0.4) is 0 Å². The summed E-state index contributed by atoms with van der Waals surface area (Å²) in [5, 5.41) is 9.05. The highest BCUT2D eigenvalue weighted by molar-refractivity contribution is 6.43. The quantitative estimate of drug-likeness (QED) is 0.626. The molecule has 0 saturated carbocycles. The van der Waals surface area contributed by atoms with Crippen LogP contribution in [-0.2, 0) is 0 Å². The van der Waals surface area contributed by atoms with Crippen LogP contribution >= 0.6 is 34.8 Å². The van der Waals surface area contributed by atoms with Crippen molar-refractivity contribution in [3.63, 3.8) is 0 Å². The SMILES string of the molecule is N#Cn1c(Cl)cc(Cl)c1Cl. The van der Waals surface area contributed by atoms with E-state index in [2.05, 4.69) is 0 Å². The van der Waals surface area contributed by atoms with Gasteiger partial charge in [0.25, 0.3) is 0 Å². The Hall–Kier alpha value is -0.360. The van der Waals surface area contributed by atoms with Crippen molar-refractivity contribution in [3.05, 3.63) is 21.4 Å². The van der Waals surface area contributed by atoms with Crippen molar-refractivity contribution >= 4 is 34.8 Å². The average Bonchev–Trinajstić information content (AvgIpc) is 2.09. The van der Waals surface area contributed by atoms with Gasteiger partial charge in [0.1, 0.15) is 10.3 Å². The van der Waals surface area contributed by atoms with E-state index in [4.69, 9.17) is 40.1 Å². The molecular weight excluding hydrogens is 194 g/mol. The Balaban J connectivity index is 3.37. The molecule has 0 radical (unpaired) electrons. The number of hydrogen-bond donors (Lipinski definition) is 0. The second-order valence-corrected chi connectivity index (χ2v) is 2.69. The van der Waals surface area contributed by atoms with Crippen molar-refractivity contribution in [3.8, 4) is 6.19 Å². The van der Waals surface area contributed by atoms with E-state index in [1.165, 1.54) is 6.07 Å². The lowest BCUT2D eigenvalue weighted by atomic mass is 10.7. The van der Waals surface area contributed by atoms with Gasteiger partial charge in [0.05, 0.1) is 5.02 Å². The van der Waals surface area contributed by atoms with E-state index in [0.717, 1.165) is 4.57 Å². The number of hydrogen-bond acceptors (Lipinski definition) is 1. The van der Waals surface area contributed by atoms with Crippen LogP contribution in [0.2, 0.25) is 15.3 Å². The Kier molecular flexibility index (Phi) is 2.10. The molecule has 0 atom stereocenters. The highest BCUT2D eigenvalue weighted by Crippen LogP contribution is 2.27. The van der Waals surface area contributed by atoms with Crippen LogP contribution in [0.1, 0.15) is 0 Å². The molecule has 0 amide bonds. The zero-order valence-corrected chi connectivity index (χ0v) is 6.87. The molecule has 10 heavy (non-hydrogen) atoms. The van der Waals surface area contributed by atoms with Gasteiger partial charge < -0.3 is 0 Å². The summed E-state index contributed by atoms with van der Waals surface area (Å²) in [6.07, 6.45) is 1.75. The van der Waals surface area contributed by atoms with Gasteiger partial charge in [-0.05, 0) is 6.07 Å². The predicted molar refractivity (Wildman–Crippen MR) is 40.5 cm³/mol. The molecule has 0 saturated heterocycles. The van der Waals surface area contributed by atoms with Gasteiger partial charge in [-0.2, -0.15) is 5.26 Å². The molecule has 0 aliphatic carbocycles. The van der Waals surface area contributed by atoms with Gasteiger partial charge in [-0.15, -0.1) is 0 Å². The fraction of sp³-hybridized carbons (Fsp3) is 0. The van der Waals surface area contributed by atoms with E-state index >= 15 is 0 Å². The van der Waals surface area contributed by atoms with Crippen LogP contribution in [0, 0.1) is 11.5 Å². The minimum absolute atomic E-state index is 0.147. The third kappa shape index (κ3) is 1.08. The van der Waals surface area contributed by atoms with Gasteiger partial charge in [0.15, 0.2) is 6.19 Å². The number of halogens is 3. The van der Waals surface area contributed by atoms with Gasteiger partial charge in [-0.25, -0.2) is 4.57 Å². The van der Waals surface area contributed by atoms with Crippen LogP contribution in [0.15, 0.2) is 6.07 Å². The molecule has 0 bridgehead atoms. The maximum Gasteiger partial charge on any atom is 0.190 e. The highest BCUT2D eigenvalue weighted by atomic mass is 35.5. The summed E-state index contributed by atoms with van der Waals surface area (Å²) in [6.45, 7) is 0. The highest BCUT2D eigenvalue weighted by Gasteiger charge is 2.08. The molecule has 5 heteroatoms. The van der Waals surface area contributed by atoms with Gasteiger partial charge >= 0.3 is 0 Å². The van der Waals surface area contributed by atoms with Crippen LogP contribution in [0.25, 0.3) is 0 Å². The Morgan fingerprint density at radius 2 is 2.00 bits per heavy atom. The Morgan fingerprint density at radius 3 is 2.20 bits per heavy atom. The smallest absolute Gasteiger partial charge is 0.190 e. The first-order valence-corrected chi connectivity index (χ1v) is 3.42. The van der Waals surface area contributed by atoms with Crippen LogP contribution < -0.4 is 0 Å². The van der Waals surface area contributed by atoms with Crippen LogP contribution in [0.4, 0.5) is 0 Å². The molecule has 1 aromatic heterocycles. The van der Waals surface area contributed by atoms with Crippen molar-refractivity contribution < 1.29 is 0 Å². The lowest BCUT2D eigenvalue weighted by Crippen LogP contribution is -1.85. The maximum atomic E-state index is 8.40. The maximum absolute atomic E-state index is 8.40. The lowest BCUT2D eigenvalue weighted by Gasteiger charge is -1.88. The van der Waals surface area contributed by atoms with Gasteiger partial charge in [-0.3, -0.25) is 0 Å². The standard InChI is InChI=1S/C5HCl3N2/c6-3-1-4(7)10(2-9)5(3)8/h1H. The first-order chi connectivity index (χ1) is 4.66. The van der Waals surface area contributed by atoms with E-state index < -0.39 is 0 Å². The number of nitrogens with zero attached hydrogens (tertiary/aromatic N) is 2. The first kappa shape index (κ1) is 7.74. The molecule has 52 valence electrons. The first-order valence-electron chi connectivity index (χ1n) is 2.29. The Labute approximate surface area is 72.5 Å². The Morgan fingerprint density at radius 1 is 1.40 bits per heavy atom. The third-order valence-electron chi connectivity index (χ3n) is 0.953.